The number of thioether (sulfide) groups is 1. The van der Waals surface area contributed by atoms with Crippen LogP contribution in [0.2, 0.25) is 5.02 Å². The number of methoxy groups -OCH3 is 1. The predicted octanol–water partition coefficient (Wildman–Crippen LogP) is 5.61. The van der Waals surface area contributed by atoms with Gasteiger partial charge in [0.1, 0.15) is 10.1 Å². The van der Waals surface area contributed by atoms with Crippen molar-refractivity contribution in [3.63, 3.8) is 0 Å². The summed E-state index contributed by atoms with van der Waals surface area (Å²) in [5.74, 6) is -0.643. The first-order chi connectivity index (χ1) is 16.6. The van der Waals surface area contributed by atoms with Gasteiger partial charge in [0.25, 0.3) is 11.8 Å². The highest BCUT2D eigenvalue weighted by molar-refractivity contribution is 8.26. The van der Waals surface area contributed by atoms with E-state index in [1.165, 1.54) is 34.9 Å². The van der Waals surface area contributed by atoms with Crippen LogP contribution < -0.4 is 10.1 Å². The molecule has 35 heavy (non-hydrogen) atoms. The van der Waals surface area contributed by atoms with Crippen molar-refractivity contribution in [1.29, 1.82) is 0 Å². The molecule has 0 saturated carbocycles. The van der Waals surface area contributed by atoms with E-state index in [4.69, 9.17) is 33.3 Å². The van der Waals surface area contributed by atoms with Crippen LogP contribution in [0, 0.1) is 0 Å². The number of benzene rings is 2. The summed E-state index contributed by atoms with van der Waals surface area (Å²) in [6.45, 7) is 0.520. The standard InChI is InChI=1S/C23H20ClF3N2O4S2/c1-32-9-3-8-29-21(31)19(35-22(29)34)11-14-6-7-18(17(24)10-14)33-13-20(30)28-16-5-2-4-15(12-16)23(25,26)27/h2,4-7,10-12H,3,8-9,13H2,1H3,(H,28,30)/b19-11-. The van der Waals surface area contributed by atoms with Gasteiger partial charge >= 0.3 is 6.18 Å². The van der Waals surface area contributed by atoms with Gasteiger partial charge in [-0.2, -0.15) is 13.2 Å². The summed E-state index contributed by atoms with van der Waals surface area (Å²) in [5.41, 5.74) is -0.246. The number of halogens is 4. The van der Waals surface area contributed by atoms with Crippen LogP contribution in [0.1, 0.15) is 17.5 Å². The summed E-state index contributed by atoms with van der Waals surface area (Å²) in [5, 5.41) is 2.55. The van der Waals surface area contributed by atoms with Crippen molar-refractivity contribution in [2.45, 2.75) is 12.6 Å². The minimum absolute atomic E-state index is 0.00518. The number of carbonyl (C=O) groups excluding carboxylic acids is 2. The molecular formula is C23H20ClF3N2O4S2. The van der Waals surface area contributed by atoms with Gasteiger partial charge in [-0.25, -0.2) is 0 Å². The van der Waals surface area contributed by atoms with Crippen LogP contribution in [-0.4, -0.2) is 47.9 Å². The summed E-state index contributed by atoms with van der Waals surface area (Å²) < 4.78 is 49.3. The molecule has 0 bridgehead atoms. The normalized spacial score (nSPS) is 15.1. The lowest BCUT2D eigenvalue weighted by Gasteiger charge is -2.13. The summed E-state index contributed by atoms with van der Waals surface area (Å²) in [7, 11) is 1.59. The van der Waals surface area contributed by atoms with Crippen molar-refractivity contribution in [1.82, 2.24) is 4.90 Å². The number of carbonyl (C=O) groups is 2. The highest BCUT2D eigenvalue weighted by atomic mass is 35.5. The van der Waals surface area contributed by atoms with Crippen LogP contribution in [0.4, 0.5) is 18.9 Å². The van der Waals surface area contributed by atoms with Crippen LogP contribution in [-0.2, 0) is 20.5 Å². The second-order valence-electron chi connectivity index (χ2n) is 7.28. The molecule has 12 heteroatoms. The molecule has 2 amide bonds. The first-order valence-electron chi connectivity index (χ1n) is 10.2. The van der Waals surface area contributed by atoms with Gasteiger partial charge in [-0.15, -0.1) is 0 Å². The van der Waals surface area contributed by atoms with Crippen LogP contribution in [0.5, 0.6) is 5.75 Å². The van der Waals surface area contributed by atoms with Crippen LogP contribution in [0.15, 0.2) is 47.4 Å². The molecule has 0 aliphatic carbocycles. The minimum atomic E-state index is -4.52. The Hall–Kier alpha value is -2.60. The number of anilines is 1. The topological polar surface area (TPSA) is 67.9 Å². The number of amides is 2. The molecule has 0 atom stereocenters. The quantitative estimate of drug-likeness (QED) is 0.251. The summed E-state index contributed by atoms with van der Waals surface area (Å²) in [6.07, 6.45) is -2.20. The number of nitrogens with zero attached hydrogens (tertiary/aromatic N) is 1. The fourth-order valence-electron chi connectivity index (χ4n) is 3.05. The Kier molecular flexibility index (Phi) is 9.17. The van der Waals surface area contributed by atoms with Crippen LogP contribution in [0.25, 0.3) is 6.08 Å². The van der Waals surface area contributed by atoms with E-state index in [0.717, 1.165) is 12.1 Å². The molecule has 1 N–H and O–H groups in total. The summed E-state index contributed by atoms with van der Waals surface area (Å²) >= 11 is 12.7. The monoisotopic (exact) mass is 544 g/mol. The maximum Gasteiger partial charge on any atom is 0.416 e. The zero-order chi connectivity index (χ0) is 25.6. The Morgan fingerprint density at radius 2 is 2.03 bits per heavy atom. The van der Waals surface area contributed by atoms with Crippen molar-refractivity contribution >= 4 is 63.5 Å². The lowest BCUT2D eigenvalue weighted by atomic mass is 10.2. The molecule has 0 unspecified atom stereocenters. The van der Waals surface area contributed by atoms with E-state index < -0.39 is 24.3 Å². The van der Waals surface area contributed by atoms with Crippen molar-refractivity contribution in [3.8, 4) is 5.75 Å². The Bertz CT molecular complexity index is 1160. The lowest BCUT2D eigenvalue weighted by Crippen LogP contribution is -2.29. The molecule has 0 spiro atoms. The SMILES string of the molecule is COCCCN1C(=O)/C(=C/c2ccc(OCC(=O)Nc3cccc(C(F)(F)F)c3)c(Cl)c2)SC1=S. The van der Waals surface area contributed by atoms with Crippen molar-refractivity contribution < 1.29 is 32.2 Å². The number of rotatable bonds is 9. The first kappa shape index (κ1) is 27.0. The molecule has 0 radical (unpaired) electrons. The zero-order valence-corrected chi connectivity index (χ0v) is 20.7. The highest BCUT2D eigenvalue weighted by Crippen LogP contribution is 2.34. The third-order valence-corrected chi connectivity index (χ3v) is 6.36. The van der Waals surface area contributed by atoms with E-state index in [0.29, 0.717) is 34.4 Å². The molecule has 2 aromatic rings. The molecule has 1 aliphatic heterocycles. The van der Waals surface area contributed by atoms with Gasteiger partial charge in [0.2, 0.25) is 0 Å². The van der Waals surface area contributed by atoms with Gasteiger partial charge in [0, 0.05) is 25.9 Å². The van der Waals surface area contributed by atoms with Gasteiger partial charge < -0.3 is 14.8 Å². The number of alkyl halides is 3. The summed E-state index contributed by atoms with van der Waals surface area (Å²) in [4.78, 5) is 26.7. The van der Waals surface area contributed by atoms with Gasteiger partial charge in [-0.05, 0) is 48.4 Å². The Morgan fingerprint density at radius 3 is 2.71 bits per heavy atom. The first-order valence-corrected chi connectivity index (χ1v) is 11.8. The largest absolute Gasteiger partial charge is 0.482 e. The Morgan fingerprint density at radius 1 is 1.26 bits per heavy atom. The van der Waals surface area contributed by atoms with E-state index in [1.807, 2.05) is 0 Å². The maximum absolute atomic E-state index is 12.8. The fourth-order valence-corrected chi connectivity index (χ4v) is 4.60. The van der Waals surface area contributed by atoms with Gasteiger partial charge in [-0.1, -0.05) is 47.7 Å². The number of hydrogen-bond acceptors (Lipinski definition) is 6. The average Bonchev–Trinajstić information content (AvgIpc) is 3.05. The predicted molar refractivity (Wildman–Crippen MR) is 133 cm³/mol. The van der Waals surface area contributed by atoms with Crippen molar-refractivity contribution in [2.24, 2.45) is 0 Å². The second-order valence-corrected chi connectivity index (χ2v) is 9.37. The Balaban J connectivity index is 1.59. The van der Waals surface area contributed by atoms with Crippen molar-refractivity contribution in [2.75, 3.05) is 32.2 Å². The molecule has 0 aromatic heterocycles. The number of hydrogen-bond donors (Lipinski definition) is 1. The average molecular weight is 545 g/mol. The molecule has 1 heterocycles. The second kappa shape index (κ2) is 11.9. The van der Waals surface area contributed by atoms with E-state index in [1.54, 1.807) is 25.3 Å². The lowest BCUT2D eigenvalue weighted by molar-refractivity contribution is -0.137. The van der Waals surface area contributed by atoms with Gasteiger partial charge in [-0.3, -0.25) is 14.5 Å². The van der Waals surface area contributed by atoms with E-state index in [-0.39, 0.29) is 22.4 Å². The highest BCUT2D eigenvalue weighted by Gasteiger charge is 2.32. The minimum Gasteiger partial charge on any atom is -0.482 e. The number of ether oxygens (including phenoxy) is 2. The van der Waals surface area contributed by atoms with E-state index >= 15 is 0 Å². The molecule has 1 fully saturated rings. The number of nitrogens with one attached hydrogen (secondary N) is 1. The van der Waals surface area contributed by atoms with E-state index in [2.05, 4.69) is 5.32 Å². The van der Waals surface area contributed by atoms with Crippen LogP contribution >= 0.6 is 35.6 Å². The maximum atomic E-state index is 12.8. The molecule has 186 valence electrons. The van der Waals surface area contributed by atoms with Crippen molar-refractivity contribution in [3.05, 3.63) is 63.5 Å². The molecule has 3 rings (SSSR count). The molecule has 2 aromatic carbocycles. The fraction of sp³-hybridized carbons (Fsp3) is 0.261. The third-order valence-electron chi connectivity index (χ3n) is 4.69. The zero-order valence-electron chi connectivity index (χ0n) is 18.4. The van der Waals surface area contributed by atoms with Crippen LogP contribution in [0.3, 0.4) is 0 Å². The smallest absolute Gasteiger partial charge is 0.416 e. The Labute approximate surface area is 214 Å². The molecule has 1 saturated heterocycles. The van der Waals surface area contributed by atoms with Gasteiger partial charge in [0.15, 0.2) is 6.61 Å². The molecule has 1 aliphatic rings. The van der Waals surface area contributed by atoms with E-state index in [9.17, 15) is 22.8 Å². The third kappa shape index (κ3) is 7.44. The number of thiocarbonyl (C=S) groups is 1. The van der Waals surface area contributed by atoms with Gasteiger partial charge in [0.05, 0.1) is 15.5 Å². The molecule has 6 nitrogen and oxygen atoms in total. The molecular weight excluding hydrogens is 525 g/mol. The summed E-state index contributed by atoms with van der Waals surface area (Å²) in [6, 6.07) is 9.04.